The van der Waals surface area contributed by atoms with E-state index in [9.17, 15) is 9.90 Å². The number of hydrogen-bond donors (Lipinski definition) is 2. The van der Waals surface area contributed by atoms with Crippen molar-refractivity contribution in [1.29, 1.82) is 0 Å². The van der Waals surface area contributed by atoms with Crippen LogP contribution in [0.1, 0.15) is 58.3 Å². The molecular weight excluding hydrogens is 178 g/mol. The Kier molecular flexibility index (Phi) is 8.64. The van der Waals surface area contributed by atoms with E-state index in [2.05, 4.69) is 6.92 Å². The number of aliphatic hydroxyl groups is 1. The first kappa shape index (κ1) is 13.4. The van der Waals surface area contributed by atoms with Gasteiger partial charge < -0.3 is 10.8 Å². The van der Waals surface area contributed by atoms with Gasteiger partial charge in [-0.2, -0.15) is 0 Å². The van der Waals surface area contributed by atoms with Gasteiger partial charge in [0.2, 0.25) is 5.91 Å². The quantitative estimate of drug-likeness (QED) is 0.560. The molecule has 0 bridgehead atoms. The van der Waals surface area contributed by atoms with Crippen molar-refractivity contribution in [3.05, 3.63) is 0 Å². The fourth-order valence-electron chi connectivity index (χ4n) is 1.49. The number of amides is 1. The van der Waals surface area contributed by atoms with Gasteiger partial charge in [0.25, 0.3) is 0 Å². The van der Waals surface area contributed by atoms with Gasteiger partial charge >= 0.3 is 0 Å². The van der Waals surface area contributed by atoms with Gasteiger partial charge in [-0.3, -0.25) is 4.79 Å². The number of nitrogens with two attached hydrogens (primary N) is 1. The summed E-state index contributed by atoms with van der Waals surface area (Å²) < 4.78 is 0. The van der Waals surface area contributed by atoms with Crippen LogP contribution in [0.3, 0.4) is 0 Å². The molecule has 1 atom stereocenters. The van der Waals surface area contributed by atoms with Crippen LogP contribution in [0.5, 0.6) is 0 Å². The molecule has 0 spiro atoms. The smallest absolute Gasteiger partial charge is 0.220 e. The van der Waals surface area contributed by atoms with Crippen molar-refractivity contribution in [1.82, 2.24) is 0 Å². The highest BCUT2D eigenvalue weighted by atomic mass is 16.3. The summed E-state index contributed by atoms with van der Waals surface area (Å²) in [6, 6.07) is 0. The molecule has 1 amide bonds. The van der Waals surface area contributed by atoms with E-state index in [1.165, 1.54) is 25.7 Å². The maximum Gasteiger partial charge on any atom is 0.220 e. The standard InChI is InChI=1S/C11H23NO2/c1-2-3-4-5-6-7-8-10(13)9-11(12)14/h10,13H,2-9H2,1H3,(H2,12,14)/t10-/m1/s1. The molecule has 0 saturated carbocycles. The SMILES string of the molecule is CCCCCCCC[C@@H](O)CC(N)=O. The van der Waals surface area contributed by atoms with E-state index in [1.54, 1.807) is 0 Å². The normalized spacial score (nSPS) is 12.7. The van der Waals surface area contributed by atoms with Crippen LogP contribution in [-0.4, -0.2) is 17.1 Å². The molecule has 84 valence electrons. The van der Waals surface area contributed by atoms with E-state index in [0.717, 1.165) is 12.8 Å². The number of carbonyl (C=O) groups excluding carboxylic acids is 1. The Balaban J connectivity index is 3.14. The van der Waals surface area contributed by atoms with Crippen LogP contribution >= 0.6 is 0 Å². The van der Waals surface area contributed by atoms with Crippen molar-refractivity contribution < 1.29 is 9.90 Å². The number of carbonyl (C=O) groups is 1. The van der Waals surface area contributed by atoms with E-state index < -0.39 is 12.0 Å². The predicted molar refractivity (Wildman–Crippen MR) is 57.8 cm³/mol. The highest BCUT2D eigenvalue weighted by Gasteiger charge is 2.06. The second-order valence-corrected chi connectivity index (χ2v) is 3.88. The van der Waals surface area contributed by atoms with Gasteiger partial charge in [0.15, 0.2) is 0 Å². The predicted octanol–water partition coefficient (Wildman–Crippen LogP) is 1.97. The highest BCUT2D eigenvalue weighted by Crippen LogP contribution is 2.09. The lowest BCUT2D eigenvalue weighted by molar-refractivity contribution is -0.119. The van der Waals surface area contributed by atoms with Crippen LogP contribution in [0.15, 0.2) is 0 Å². The van der Waals surface area contributed by atoms with Gasteiger partial charge in [-0.25, -0.2) is 0 Å². The minimum Gasteiger partial charge on any atom is -0.393 e. The second-order valence-electron chi connectivity index (χ2n) is 3.88. The van der Waals surface area contributed by atoms with E-state index >= 15 is 0 Å². The molecule has 14 heavy (non-hydrogen) atoms. The number of hydrogen-bond acceptors (Lipinski definition) is 2. The van der Waals surface area contributed by atoms with E-state index in [-0.39, 0.29) is 6.42 Å². The average molecular weight is 201 g/mol. The topological polar surface area (TPSA) is 63.3 Å². The Morgan fingerprint density at radius 2 is 1.79 bits per heavy atom. The number of aliphatic hydroxyl groups excluding tert-OH is 1. The lowest BCUT2D eigenvalue weighted by Crippen LogP contribution is -2.19. The monoisotopic (exact) mass is 201 g/mol. The molecule has 0 aromatic heterocycles. The zero-order valence-corrected chi connectivity index (χ0v) is 9.17. The fraction of sp³-hybridized carbons (Fsp3) is 0.909. The Labute approximate surface area is 86.7 Å². The Bertz CT molecular complexity index is 148. The van der Waals surface area contributed by atoms with Crippen LogP contribution in [-0.2, 0) is 4.79 Å². The van der Waals surface area contributed by atoms with Gasteiger partial charge in [-0.05, 0) is 6.42 Å². The van der Waals surface area contributed by atoms with Gasteiger partial charge in [-0.1, -0.05) is 45.4 Å². The molecule has 0 fully saturated rings. The molecule has 3 N–H and O–H groups in total. The minimum atomic E-state index is -0.529. The molecular formula is C11H23NO2. The molecule has 3 nitrogen and oxygen atoms in total. The van der Waals surface area contributed by atoms with Crippen LogP contribution in [0.2, 0.25) is 0 Å². The van der Waals surface area contributed by atoms with Crippen LogP contribution < -0.4 is 5.73 Å². The van der Waals surface area contributed by atoms with Crippen molar-refractivity contribution >= 4 is 5.91 Å². The van der Waals surface area contributed by atoms with Crippen LogP contribution in [0.4, 0.5) is 0 Å². The third-order valence-electron chi connectivity index (χ3n) is 2.33. The van der Waals surface area contributed by atoms with Crippen molar-refractivity contribution in [2.75, 3.05) is 0 Å². The first-order chi connectivity index (χ1) is 6.66. The molecule has 0 aromatic carbocycles. The van der Waals surface area contributed by atoms with Gasteiger partial charge in [-0.15, -0.1) is 0 Å². The molecule has 0 radical (unpaired) electrons. The molecule has 0 aliphatic rings. The van der Waals surface area contributed by atoms with Crippen molar-refractivity contribution in [2.45, 2.75) is 64.4 Å². The third-order valence-corrected chi connectivity index (χ3v) is 2.33. The number of unbranched alkanes of at least 4 members (excludes halogenated alkanes) is 5. The minimum absolute atomic E-state index is 0.106. The molecule has 0 heterocycles. The summed E-state index contributed by atoms with van der Waals surface area (Å²) in [7, 11) is 0. The lowest BCUT2D eigenvalue weighted by Gasteiger charge is -2.07. The number of primary amides is 1. The summed E-state index contributed by atoms with van der Waals surface area (Å²) in [6.45, 7) is 2.19. The van der Waals surface area contributed by atoms with E-state index in [4.69, 9.17) is 5.73 Å². The summed E-state index contributed by atoms with van der Waals surface area (Å²) in [5, 5.41) is 9.32. The summed E-state index contributed by atoms with van der Waals surface area (Å²) in [5.74, 6) is -0.413. The van der Waals surface area contributed by atoms with Crippen LogP contribution in [0, 0.1) is 0 Å². The zero-order valence-electron chi connectivity index (χ0n) is 9.17. The first-order valence-electron chi connectivity index (χ1n) is 5.63. The Morgan fingerprint density at radius 3 is 2.36 bits per heavy atom. The van der Waals surface area contributed by atoms with E-state index in [1.807, 2.05) is 0 Å². The molecule has 0 saturated heterocycles. The Hall–Kier alpha value is -0.570. The molecule has 0 aliphatic carbocycles. The fourth-order valence-corrected chi connectivity index (χ4v) is 1.49. The van der Waals surface area contributed by atoms with Gasteiger partial charge in [0.05, 0.1) is 12.5 Å². The third kappa shape index (κ3) is 9.52. The second kappa shape index (κ2) is 9.00. The molecule has 0 aliphatic heterocycles. The molecule has 0 rings (SSSR count). The largest absolute Gasteiger partial charge is 0.393 e. The zero-order chi connectivity index (χ0) is 10.8. The van der Waals surface area contributed by atoms with Crippen molar-refractivity contribution in [3.8, 4) is 0 Å². The van der Waals surface area contributed by atoms with Gasteiger partial charge in [0, 0.05) is 0 Å². The van der Waals surface area contributed by atoms with E-state index in [0.29, 0.717) is 6.42 Å². The van der Waals surface area contributed by atoms with Gasteiger partial charge in [0.1, 0.15) is 0 Å². The first-order valence-corrected chi connectivity index (χ1v) is 5.63. The summed E-state index contributed by atoms with van der Waals surface area (Å²) in [4.78, 5) is 10.4. The maximum absolute atomic E-state index is 10.4. The Morgan fingerprint density at radius 1 is 1.21 bits per heavy atom. The average Bonchev–Trinajstić information content (AvgIpc) is 2.10. The van der Waals surface area contributed by atoms with Crippen LogP contribution in [0.25, 0.3) is 0 Å². The maximum atomic E-state index is 10.4. The number of rotatable bonds is 9. The highest BCUT2D eigenvalue weighted by molar-refractivity contribution is 5.74. The lowest BCUT2D eigenvalue weighted by atomic mass is 10.1. The molecule has 3 heteroatoms. The summed E-state index contributed by atoms with van der Waals surface area (Å²) >= 11 is 0. The molecule has 0 unspecified atom stereocenters. The van der Waals surface area contributed by atoms with Crippen molar-refractivity contribution in [2.24, 2.45) is 5.73 Å². The summed E-state index contributed by atoms with van der Waals surface area (Å²) in [5.41, 5.74) is 4.96. The van der Waals surface area contributed by atoms with Crippen molar-refractivity contribution in [3.63, 3.8) is 0 Å². The molecule has 0 aromatic rings. The summed E-state index contributed by atoms with van der Waals surface area (Å²) in [6.07, 6.45) is 7.49.